The number of benzene rings is 1. The number of anilines is 1. The van der Waals surface area contributed by atoms with Crippen molar-refractivity contribution in [1.82, 2.24) is 10.2 Å². The van der Waals surface area contributed by atoms with E-state index in [1.54, 1.807) is 11.0 Å². The fraction of sp³-hybridized carbons (Fsp3) is 0.421. The van der Waals surface area contributed by atoms with Gasteiger partial charge in [-0.15, -0.1) is 0 Å². The first-order valence-corrected chi connectivity index (χ1v) is 9.61. The zero-order valence-corrected chi connectivity index (χ0v) is 16.5. The Morgan fingerprint density at radius 3 is 2.41 bits per heavy atom. The molecule has 3 amide bonds. The number of piperazine rings is 1. The molecule has 2 fully saturated rings. The van der Waals surface area contributed by atoms with Crippen LogP contribution < -0.4 is 10.2 Å². The van der Waals surface area contributed by atoms with E-state index in [1.807, 2.05) is 45.0 Å². The number of hydrogen-bond donors (Lipinski definition) is 1. The van der Waals surface area contributed by atoms with E-state index in [2.05, 4.69) is 10.2 Å². The van der Waals surface area contributed by atoms with Gasteiger partial charge in [-0.1, -0.05) is 18.2 Å². The average molecular weight is 389 g/mol. The van der Waals surface area contributed by atoms with Crippen molar-refractivity contribution in [3.05, 3.63) is 34.7 Å². The number of thioether (sulfide) groups is 1. The van der Waals surface area contributed by atoms with Crippen LogP contribution in [-0.4, -0.2) is 53.9 Å². The molecule has 0 atom stereocenters. The lowest BCUT2D eigenvalue weighted by atomic mass is 10.1. The molecular weight excluding hydrogens is 366 g/mol. The van der Waals surface area contributed by atoms with E-state index >= 15 is 0 Å². The smallest absolute Gasteiger partial charge is 0.410 e. The maximum absolute atomic E-state index is 12.2. The molecule has 0 unspecified atom stereocenters. The van der Waals surface area contributed by atoms with Gasteiger partial charge in [0.1, 0.15) is 5.60 Å². The van der Waals surface area contributed by atoms with Gasteiger partial charge in [-0.25, -0.2) is 4.79 Å². The zero-order chi connectivity index (χ0) is 19.6. The average Bonchev–Trinajstić information content (AvgIpc) is 2.91. The van der Waals surface area contributed by atoms with Crippen molar-refractivity contribution in [2.75, 3.05) is 31.1 Å². The van der Waals surface area contributed by atoms with Crippen molar-refractivity contribution in [3.8, 4) is 0 Å². The van der Waals surface area contributed by atoms with Gasteiger partial charge in [0, 0.05) is 31.9 Å². The molecule has 0 bridgehead atoms. The number of rotatable bonds is 2. The van der Waals surface area contributed by atoms with Crippen LogP contribution in [0.2, 0.25) is 0 Å². The summed E-state index contributed by atoms with van der Waals surface area (Å²) in [5.41, 5.74) is 1.33. The highest BCUT2D eigenvalue weighted by Crippen LogP contribution is 2.30. The largest absolute Gasteiger partial charge is 0.444 e. The Morgan fingerprint density at radius 2 is 1.81 bits per heavy atom. The first-order chi connectivity index (χ1) is 12.7. The molecular formula is C19H23N3O4S. The topological polar surface area (TPSA) is 79.0 Å². The summed E-state index contributed by atoms with van der Waals surface area (Å²) in [5, 5.41) is 1.92. The molecule has 0 saturated carbocycles. The van der Waals surface area contributed by atoms with Gasteiger partial charge in [-0.05, 0) is 50.2 Å². The van der Waals surface area contributed by atoms with E-state index < -0.39 is 5.60 Å². The van der Waals surface area contributed by atoms with Crippen LogP contribution in [0, 0.1) is 0 Å². The summed E-state index contributed by atoms with van der Waals surface area (Å²) in [4.78, 5) is 39.7. The van der Waals surface area contributed by atoms with Gasteiger partial charge < -0.3 is 14.5 Å². The Balaban J connectivity index is 1.70. The second-order valence-corrected chi connectivity index (χ2v) is 8.38. The second-order valence-electron chi connectivity index (χ2n) is 7.37. The van der Waals surface area contributed by atoms with Crippen LogP contribution in [0.15, 0.2) is 29.2 Å². The van der Waals surface area contributed by atoms with Crippen LogP contribution in [0.5, 0.6) is 0 Å². The molecule has 0 aromatic heterocycles. The van der Waals surface area contributed by atoms with Gasteiger partial charge >= 0.3 is 6.09 Å². The minimum absolute atomic E-state index is 0.296. The highest BCUT2D eigenvalue weighted by atomic mass is 32.2. The van der Waals surface area contributed by atoms with Gasteiger partial charge in [0.2, 0.25) is 0 Å². The number of carbonyl (C=O) groups excluding carboxylic acids is 3. The van der Waals surface area contributed by atoms with E-state index in [0.717, 1.165) is 23.0 Å². The Kier molecular flexibility index (Phi) is 5.46. The third-order valence-corrected chi connectivity index (χ3v) is 4.95. The summed E-state index contributed by atoms with van der Waals surface area (Å²) in [6.45, 7) is 8.02. The Morgan fingerprint density at radius 1 is 1.15 bits per heavy atom. The number of carbonyl (C=O) groups is 3. The molecule has 0 radical (unpaired) electrons. The van der Waals surface area contributed by atoms with Crippen molar-refractivity contribution < 1.29 is 19.1 Å². The normalized spacial score (nSPS) is 19.4. The lowest BCUT2D eigenvalue weighted by molar-refractivity contribution is -0.115. The molecule has 0 aliphatic carbocycles. The number of nitrogens with zero attached hydrogens (tertiary/aromatic N) is 2. The van der Waals surface area contributed by atoms with Crippen LogP contribution in [0.1, 0.15) is 26.3 Å². The molecule has 144 valence electrons. The summed E-state index contributed by atoms with van der Waals surface area (Å²) < 4.78 is 5.43. The SMILES string of the molecule is CC(C)(C)OC(=O)N1CCN(c2ccccc2C=C2SC(=O)NC2=O)CC1. The van der Waals surface area contributed by atoms with Gasteiger partial charge in [-0.2, -0.15) is 0 Å². The third kappa shape index (κ3) is 4.82. The van der Waals surface area contributed by atoms with Crippen LogP contribution in [0.3, 0.4) is 0 Å². The Bertz CT molecular complexity index is 792. The van der Waals surface area contributed by atoms with Gasteiger partial charge in [0.05, 0.1) is 4.91 Å². The number of nitrogens with one attached hydrogen (secondary N) is 1. The van der Waals surface area contributed by atoms with Crippen molar-refractivity contribution >= 4 is 40.8 Å². The van der Waals surface area contributed by atoms with E-state index in [0.29, 0.717) is 31.1 Å². The van der Waals surface area contributed by atoms with Crippen LogP contribution in [0.25, 0.3) is 6.08 Å². The summed E-state index contributed by atoms with van der Waals surface area (Å²) in [5.74, 6) is -0.366. The minimum Gasteiger partial charge on any atom is -0.444 e. The van der Waals surface area contributed by atoms with Crippen LogP contribution in [0.4, 0.5) is 15.3 Å². The molecule has 1 aromatic carbocycles. The van der Waals surface area contributed by atoms with Gasteiger partial charge in [-0.3, -0.25) is 14.9 Å². The number of amides is 3. The lowest BCUT2D eigenvalue weighted by Crippen LogP contribution is -2.50. The van der Waals surface area contributed by atoms with Gasteiger partial charge in [0.25, 0.3) is 11.1 Å². The number of ether oxygens (including phenoxy) is 1. The van der Waals surface area contributed by atoms with Crippen molar-refractivity contribution in [3.63, 3.8) is 0 Å². The predicted octanol–water partition coefficient (Wildman–Crippen LogP) is 3.07. The molecule has 1 aromatic rings. The molecule has 3 rings (SSSR count). The molecule has 8 heteroatoms. The fourth-order valence-electron chi connectivity index (χ4n) is 2.92. The maximum atomic E-state index is 12.2. The summed E-state index contributed by atoms with van der Waals surface area (Å²) in [6.07, 6.45) is 1.44. The third-order valence-electron chi connectivity index (χ3n) is 4.14. The molecule has 0 spiro atoms. The summed E-state index contributed by atoms with van der Waals surface area (Å²) in [6, 6.07) is 7.73. The van der Waals surface area contributed by atoms with Crippen molar-refractivity contribution in [1.29, 1.82) is 0 Å². The highest BCUT2D eigenvalue weighted by molar-refractivity contribution is 8.18. The van der Waals surface area contributed by atoms with Crippen molar-refractivity contribution in [2.24, 2.45) is 0 Å². The molecule has 2 aliphatic rings. The number of para-hydroxylation sites is 1. The van der Waals surface area contributed by atoms with Crippen LogP contribution in [-0.2, 0) is 9.53 Å². The first-order valence-electron chi connectivity index (χ1n) is 8.80. The quantitative estimate of drug-likeness (QED) is 0.783. The predicted molar refractivity (Wildman–Crippen MR) is 106 cm³/mol. The maximum Gasteiger partial charge on any atom is 0.410 e. The number of hydrogen-bond acceptors (Lipinski definition) is 6. The zero-order valence-electron chi connectivity index (χ0n) is 15.7. The summed E-state index contributed by atoms with van der Waals surface area (Å²) >= 11 is 0.907. The Hall–Kier alpha value is -2.48. The molecule has 1 N–H and O–H groups in total. The minimum atomic E-state index is -0.510. The molecule has 2 heterocycles. The van der Waals surface area contributed by atoms with E-state index in [4.69, 9.17) is 4.74 Å². The monoisotopic (exact) mass is 389 g/mol. The van der Waals surface area contributed by atoms with Crippen LogP contribution >= 0.6 is 11.8 Å². The highest BCUT2D eigenvalue weighted by Gasteiger charge is 2.28. The van der Waals surface area contributed by atoms with Gasteiger partial charge in [0.15, 0.2) is 0 Å². The Labute approximate surface area is 162 Å². The molecule has 7 nitrogen and oxygen atoms in total. The lowest BCUT2D eigenvalue weighted by Gasteiger charge is -2.37. The van der Waals surface area contributed by atoms with Crippen molar-refractivity contribution in [2.45, 2.75) is 26.4 Å². The molecule has 2 saturated heterocycles. The first kappa shape index (κ1) is 19.3. The second kappa shape index (κ2) is 7.64. The van der Waals surface area contributed by atoms with E-state index in [1.165, 1.54) is 0 Å². The summed E-state index contributed by atoms with van der Waals surface area (Å²) in [7, 11) is 0. The molecule has 27 heavy (non-hydrogen) atoms. The van der Waals surface area contributed by atoms with E-state index in [-0.39, 0.29) is 17.2 Å². The molecule has 2 aliphatic heterocycles. The standard InChI is InChI=1S/C19H23N3O4S/c1-19(2,3)26-18(25)22-10-8-21(9-11-22)14-7-5-4-6-13(14)12-15-16(23)20-17(24)27-15/h4-7,12H,8-11H2,1-3H3,(H,20,23,24). The van der Waals surface area contributed by atoms with E-state index in [9.17, 15) is 14.4 Å². The fourth-order valence-corrected chi connectivity index (χ4v) is 3.59. The number of imide groups is 1.